The van der Waals surface area contributed by atoms with E-state index in [0.29, 0.717) is 19.1 Å². The van der Waals surface area contributed by atoms with E-state index in [4.69, 9.17) is 19.8 Å². The average molecular weight is 354 g/mol. The van der Waals surface area contributed by atoms with Gasteiger partial charge in [-0.1, -0.05) is 30.3 Å². The number of methoxy groups -OCH3 is 1. The highest BCUT2D eigenvalue weighted by Crippen LogP contribution is 2.03. The predicted octanol–water partition coefficient (Wildman–Crippen LogP) is 1.39. The van der Waals surface area contributed by atoms with Crippen molar-refractivity contribution in [3.63, 3.8) is 0 Å². The van der Waals surface area contributed by atoms with E-state index in [1.807, 2.05) is 18.2 Å². The van der Waals surface area contributed by atoms with E-state index in [2.05, 4.69) is 34.2 Å². The third kappa shape index (κ3) is 13.7. The molecular formula is C17H26N2O6. The Balaban J connectivity index is 0.000000481. The summed E-state index contributed by atoms with van der Waals surface area (Å²) in [6.07, 6.45) is 2.42. The predicted molar refractivity (Wildman–Crippen MR) is 92.7 cm³/mol. The highest BCUT2D eigenvalue weighted by molar-refractivity contribution is 5.82. The number of aliphatic hydroxyl groups excluding tert-OH is 1. The van der Waals surface area contributed by atoms with Gasteiger partial charge in [0.1, 0.15) is 0 Å². The van der Waals surface area contributed by atoms with Gasteiger partial charge in [-0.3, -0.25) is 9.63 Å². The van der Waals surface area contributed by atoms with Gasteiger partial charge >= 0.3 is 5.97 Å². The summed E-state index contributed by atoms with van der Waals surface area (Å²) >= 11 is 0. The van der Waals surface area contributed by atoms with Crippen molar-refractivity contribution in [2.45, 2.75) is 25.5 Å². The van der Waals surface area contributed by atoms with Crippen molar-refractivity contribution >= 4 is 12.4 Å². The lowest BCUT2D eigenvalue weighted by molar-refractivity contribution is -0.135. The smallest absolute Gasteiger partial charge is 0.370 e. The summed E-state index contributed by atoms with van der Waals surface area (Å²) in [4.78, 5) is 23.8. The highest BCUT2D eigenvalue weighted by atomic mass is 16.6. The van der Waals surface area contributed by atoms with Crippen LogP contribution >= 0.6 is 0 Å². The third-order valence-corrected chi connectivity index (χ3v) is 2.97. The molecule has 8 heteroatoms. The first kappa shape index (κ1) is 22.6. The lowest BCUT2D eigenvalue weighted by atomic mass is 10.1. The van der Waals surface area contributed by atoms with Gasteiger partial charge in [0.2, 0.25) is 0 Å². The highest BCUT2D eigenvalue weighted by Gasteiger charge is 2.11. The van der Waals surface area contributed by atoms with Gasteiger partial charge in [0.05, 0.1) is 13.7 Å². The van der Waals surface area contributed by atoms with E-state index < -0.39 is 11.7 Å². The number of carbonyl (C=O) groups excluding carboxylic acids is 1. The van der Waals surface area contributed by atoms with Crippen LogP contribution in [0, 0.1) is 0 Å². The Labute approximate surface area is 147 Å². The minimum atomic E-state index is -1.38. The Kier molecular flexibility index (Phi) is 13.7. The number of nitrogens with one attached hydrogen (secondary N) is 2. The van der Waals surface area contributed by atoms with Gasteiger partial charge in [-0.15, -0.1) is 0 Å². The number of carboxylic acid groups (broad SMARTS) is 1. The summed E-state index contributed by atoms with van der Waals surface area (Å²) in [5.41, 5.74) is 4.31. The second kappa shape index (κ2) is 15.1. The summed E-state index contributed by atoms with van der Waals surface area (Å²) in [5, 5.41) is 18.8. The van der Waals surface area contributed by atoms with E-state index in [1.54, 1.807) is 0 Å². The fourth-order valence-electron chi connectivity index (χ4n) is 1.77. The van der Waals surface area contributed by atoms with Crippen LogP contribution in [0.5, 0.6) is 0 Å². The number of hydrogen-bond donors (Lipinski definition) is 4. The van der Waals surface area contributed by atoms with Crippen molar-refractivity contribution in [3.05, 3.63) is 48.2 Å². The molecule has 8 nitrogen and oxygen atoms in total. The zero-order chi connectivity index (χ0) is 18.9. The van der Waals surface area contributed by atoms with Crippen molar-refractivity contribution in [3.8, 4) is 0 Å². The minimum Gasteiger partial charge on any atom is -0.502 e. The van der Waals surface area contributed by atoms with Crippen LogP contribution in [0.4, 0.5) is 0 Å². The van der Waals surface area contributed by atoms with Gasteiger partial charge in [0.25, 0.3) is 6.47 Å². The zero-order valence-corrected chi connectivity index (χ0v) is 14.3. The van der Waals surface area contributed by atoms with E-state index in [-0.39, 0.29) is 0 Å². The molecule has 0 bridgehead atoms. The molecule has 1 fully saturated rings. The second-order valence-corrected chi connectivity index (χ2v) is 5.02. The number of hydroxylamine groups is 1. The van der Waals surface area contributed by atoms with Crippen LogP contribution in [0.15, 0.2) is 42.7 Å². The summed E-state index contributed by atoms with van der Waals surface area (Å²) in [5.74, 6) is -2.20. The first-order valence-electron chi connectivity index (χ1n) is 7.70. The zero-order valence-electron chi connectivity index (χ0n) is 14.3. The van der Waals surface area contributed by atoms with Crippen LogP contribution in [-0.2, 0) is 25.8 Å². The second-order valence-electron chi connectivity index (χ2n) is 5.02. The molecule has 1 saturated heterocycles. The molecule has 2 rings (SSSR count). The van der Waals surface area contributed by atoms with Crippen molar-refractivity contribution in [1.29, 1.82) is 0 Å². The van der Waals surface area contributed by atoms with Crippen molar-refractivity contribution < 1.29 is 29.4 Å². The lowest BCUT2D eigenvalue weighted by Gasteiger charge is -2.23. The van der Waals surface area contributed by atoms with Crippen LogP contribution in [0.25, 0.3) is 0 Å². The number of rotatable bonds is 6. The molecule has 4 N–H and O–H groups in total. The van der Waals surface area contributed by atoms with Crippen molar-refractivity contribution in [1.82, 2.24) is 10.8 Å². The van der Waals surface area contributed by atoms with Crippen molar-refractivity contribution in [2.75, 3.05) is 20.2 Å². The Morgan fingerprint density at radius 3 is 2.44 bits per heavy atom. The van der Waals surface area contributed by atoms with E-state index in [1.165, 1.54) is 25.5 Å². The monoisotopic (exact) mass is 354 g/mol. The molecule has 0 aliphatic carbocycles. The molecule has 0 saturated carbocycles. The molecule has 0 spiro atoms. The molecule has 0 radical (unpaired) electrons. The molecule has 1 aliphatic rings. The molecule has 1 unspecified atom stereocenters. The van der Waals surface area contributed by atoms with Crippen LogP contribution in [0.2, 0.25) is 0 Å². The number of ether oxygens (including phenoxy) is 1. The van der Waals surface area contributed by atoms with Gasteiger partial charge in [-0.05, 0) is 31.5 Å². The SMILES string of the molecule is C=C(O)C(=O)O.COC=O.c1ccc(CONC2CCCNC2)cc1. The average Bonchev–Trinajstić information content (AvgIpc) is 2.64. The van der Waals surface area contributed by atoms with Crippen molar-refractivity contribution in [2.24, 2.45) is 0 Å². The van der Waals surface area contributed by atoms with E-state index in [9.17, 15) is 4.79 Å². The molecule has 1 atom stereocenters. The maximum absolute atomic E-state index is 9.35. The topological polar surface area (TPSA) is 117 Å². The molecule has 140 valence electrons. The van der Waals surface area contributed by atoms with Crippen LogP contribution < -0.4 is 10.8 Å². The van der Waals surface area contributed by atoms with Crippen LogP contribution in [0.3, 0.4) is 0 Å². The largest absolute Gasteiger partial charge is 0.502 e. The minimum absolute atomic E-state index is 0.375. The van der Waals surface area contributed by atoms with Gasteiger partial charge in [-0.2, -0.15) is 5.48 Å². The Hall–Kier alpha value is -2.42. The number of carbonyl (C=O) groups is 2. The van der Waals surface area contributed by atoms with Gasteiger partial charge in [-0.25, -0.2) is 4.79 Å². The molecule has 0 amide bonds. The van der Waals surface area contributed by atoms with Crippen LogP contribution in [-0.4, -0.2) is 48.9 Å². The molecule has 1 aromatic rings. The Bertz CT molecular complexity index is 477. The standard InChI is InChI=1S/C12H18N2O.C3H4O3.C2H4O2/c1-2-5-11(6-3-1)10-15-14-12-7-4-8-13-9-12;1-2(4)3(5)6;1-4-2-3/h1-3,5-6,12-14H,4,7-10H2;4H,1H2,(H,5,6);2H,1H3. The Morgan fingerprint density at radius 2 is 2.00 bits per heavy atom. The maximum Gasteiger partial charge on any atom is 0.370 e. The summed E-state index contributed by atoms with van der Waals surface area (Å²) < 4.78 is 3.86. The molecule has 25 heavy (non-hydrogen) atoms. The summed E-state index contributed by atoms with van der Waals surface area (Å²) in [6, 6.07) is 10.7. The quantitative estimate of drug-likeness (QED) is 0.262. The summed E-state index contributed by atoms with van der Waals surface area (Å²) in [6.45, 7) is 5.87. The number of piperidine rings is 1. The third-order valence-electron chi connectivity index (χ3n) is 2.97. The normalized spacial score (nSPS) is 15.5. The molecule has 1 heterocycles. The fourth-order valence-corrected chi connectivity index (χ4v) is 1.77. The van der Waals surface area contributed by atoms with Gasteiger partial charge < -0.3 is 20.3 Å². The first-order chi connectivity index (χ1) is 12.0. The number of carboxylic acids is 1. The number of hydrogen-bond acceptors (Lipinski definition) is 7. The number of aliphatic hydroxyl groups is 1. The molecule has 1 aliphatic heterocycles. The first-order valence-corrected chi connectivity index (χ1v) is 7.70. The fraction of sp³-hybridized carbons (Fsp3) is 0.412. The number of benzene rings is 1. The van der Waals surface area contributed by atoms with Gasteiger partial charge in [0.15, 0.2) is 5.76 Å². The van der Waals surface area contributed by atoms with Gasteiger partial charge in [0, 0.05) is 12.6 Å². The van der Waals surface area contributed by atoms with Crippen LogP contribution in [0.1, 0.15) is 18.4 Å². The maximum atomic E-state index is 9.35. The molecular weight excluding hydrogens is 328 g/mol. The lowest BCUT2D eigenvalue weighted by Crippen LogP contribution is -2.42. The van der Waals surface area contributed by atoms with E-state index >= 15 is 0 Å². The Morgan fingerprint density at radius 1 is 1.40 bits per heavy atom. The number of aliphatic carboxylic acids is 1. The molecule has 1 aromatic carbocycles. The summed E-state index contributed by atoms with van der Waals surface area (Å²) in [7, 11) is 1.31. The molecule has 0 aromatic heterocycles. The van der Waals surface area contributed by atoms with E-state index in [0.717, 1.165) is 13.1 Å².